The van der Waals surface area contributed by atoms with Gasteiger partial charge in [0.05, 0.1) is 28.1 Å². The fourth-order valence-corrected chi connectivity index (χ4v) is 2.18. The smallest absolute Gasteiger partial charge is 0.389 e. The van der Waals surface area contributed by atoms with Crippen LogP contribution in [-0.2, 0) is 10.9 Å². The van der Waals surface area contributed by atoms with Crippen molar-refractivity contribution in [3.8, 4) is 0 Å². The number of hydrogen-bond acceptors (Lipinski definition) is 7. The van der Waals surface area contributed by atoms with Crippen LogP contribution in [-0.4, -0.2) is 40.8 Å². The lowest BCUT2D eigenvalue weighted by molar-refractivity contribution is -0.392. The number of ether oxygens (including phenoxy) is 1. The number of aliphatic hydroxyl groups is 1. The quantitative estimate of drug-likeness (QED) is 0.499. The largest absolute Gasteiger partial charge is 0.416 e. The summed E-state index contributed by atoms with van der Waals surface area (Å²) in [6.07, 6.45) is -4.05. The number of rotatable bonds is 9. The summed E-state index contributed by atoms with van der Waals surface area (Å²) in [6, 6.07) is 0.427. The monoisotopic (exact) mass is 379 g/mol. The Hall–Kier alpha value is -2.47. The molecule has 1 unspecified atom stereocenters. The summed E-state index contributed by atoms with van der Waals surface area (Å²) in [7, 11) is 0. The van der Waals surface area contributed by atoms with E-state index >= 15 is 0 Å². The zero-order valence-electron chi connectivity index (χ0n) is 13.4. The lowest BCUT2D eigenvalue weighted by Gasteiger charge is -2.14. The fraction of sp³-hybridized carbons (Fsp3) is 0.571. The minimum atomic E-state index is -4.98. The van der Waals surface area contributed by atoms with E-state index in [4.69, 9.17) is 4.74 Å². The van der Waals surface area contributed by atoms with E-state index < -0.39 is 44.8 Å². The highest BCUT2D eigenvalue weighted by Gasteiger charge is 2.37. The van der Waals surface area contributed by atoms with Crippen LogP contribution in [0, 0.1) is 26.1 Å². The highest BCUT2D eigenvalue weighted by atomic mass is 19.4. The van der Waals surface area contributed by atoms with Gasteiger partial charge in [0, 0.05) is 25.3 Å². The van der Waals surface area contributed by atoms with Crippen LogP contribution >= 0.6 is 0 Å². The van der Waals surface area contributed by atoms with Crippen molar-refractivity contribution in [1.29, 1.82) is 0 Å². The molecular formula is C14H16F3N3O6. The SMILES string of the molecule is O=[N+]([O-])c1cc(C(F)(F)F)cc([N+](=O)[O-])c1NCC(O)COCC1CC1. The van der Waals surface area contributed by atoms with Crippen molar-refractivity contribution >= 4 is 17.1 Å². The Kier molecular flexibility index (Phi) is 5.97. The molecule has 1 aliphatic rings. The average molecular weight is 379 g/mol. The molecule has 0 aromatic heterocycles. The van der Waals surface area contributed by atoms with Crippen LogP contribution in [0.3, 0.4) is 0 Å². The number of aliphatic hydroxyl groups excluding tert-OH is 1. The van der Waals surface area contributed by atoms with E-state index in [1.165, 1.54) is 0 Å². The predicted octanol–water partition coefficient (Wildman–Crippen LogP) is 2.72. The summed E-state index contributed by atoms with van der Waals surface area (Å²) < 4.78 is 43.6. The fourth-order valence-electron chi connectivity index (χ4n) is 2.18. The van der Waals surface area contributed by atoms with Gasteiger partial charge in [-0.1, -0.05) is 0 Å². The van der Waals surface area contributed by atoms with Gasteiger partial charge in [0.1, 0.15) is 0 Å². The molecule has 1 aromatic carbocycles. The molecule has 1 fully saturated rings. The van der Waals surface area contributed by atoms with E-state index in [1.807, 2.05) is 0 Å². The highest BCUT2D eigenvalue weighted by molar-refractivity contribution is 5.75. The molecule has 0 spiro atoms. The molecule has 144 valence electrons. The van der Waals surface area contributed by atoms with Gasteiger partial charge in [-0.25, -0.2) is 0 Å². The molecule has 1 saturated carbocycles. The molecule has 9 nitrogen and oxygen atoms in total. The van der Waals surface area contributed by atoms with Gasteiger partial charge in [-0.05, 0) is 18.8 Å². The van der Waals surface area contributed by atoms with Crippen LogP contribution in [0.5, 0.6) is 0 Å². The summed E-state index contributed by atoms with van der Waals surface area (Å²) >= 11 is 0. The maximum Gasteiger partial charge on any atom is 0.416 e. The van der Waals surface area contributed by atoms with E-state index in [1.54, 1.807) is 0 Å². The Bertz CT molecular complexity index is 658. The maximum absolute atomic E-state index is 12.8. The van der Waals surface area contributed by atoms with Crippen molar-refractivity contribution in [3.63, 3.8) is 0 Å². The molecule has 0 radical (unpaired) electrons. The third-order valence-electron chi connectivity index (χ3n) is 3.69. The number of nitrogens with zero attached hydrogens (tertiary/aromatic N) is 2. The van der Waals surface area contributed by atoms with Crippen molar-refractivity contribution in [3.05, 3.63) is 37.9 Å². The molecular weight excluding hydrogens is 363 g/mol. The number of nitro groups is 2. The molecule has 0 amide bonds. The normalized spacial score (nSPS) is 15.5. The van der Waals surface area contributed by atoms with Gasteiger partial charge in [0.15, 0.2) is 5.69 Å². The third-order valence-corrected chi connectivity index (χ3v) is 3.69. The Morgan fingerprint density at radius 1 is 1.23 bits per heavy atom. The second kappa shape index (κ2) is 7.83. The molecule has 2 N–H and O–H groups in total. The van der Waals surface area contributed by atoms with Crippen molar-refractivity contribution in [2.75, 3.05) is 25.1 Å². The maximum atomic E-state index is 12.8. The van der Waals surface area contributed by atoms with E-state index in [0.29, 0.717) is 12.5 Å². The Morgan fingerprint density at radius 3 is 2.19 bits per heavy atom. The van der Waals surface area contributed by atoms with Crippen molar-refractivity contribution < 1.29 is 32.9 Å². The summed E-state index contributed by atoms with van der Waals surface area (Å²) in [5, 5.41) is 34.2. The van der Waals surface area contributed by atoms with Crippen LogP contribution < -0.4 is 5.32 Å². The van der Waals surface area contributed by atoms with E-state index in [-0.39, 0.29) is 25.3 Å². The number of benzene rings is 1. The molecule has 1 atom stereocenters. The minimum Gasteiger partial charge on any atom is -0.389 e. The second-order valence-electron chi connectivity index (χ2n) is 5.92. The van der Waals surface area contributed by atoms with Crippen LogP contribution in [0.2, 0.25) is 0 Å². The first-order chi connectivity index (χ1) is 12.1. The Labute approximate surface area is 145 Å². The highest BCUT2D eigenvalue weighted by Crippen LogP contribution is 2.41. The van der Waals surface area contributed by atoms with Crippen molar-refractivity contribution in [1.82, 2.24) is 0 Å². The molecule has 2 rings (SSSR count). The summed E-state index contributed by atoms with van der Waals surface area (Å²) in [4.78, 5) is 19.8. The number of alkyl halides is 3. The van der Waals surface area contributed by atoms with Crippen LogP contribution in [0.4, 0.5) is 30.2 Å². The van der Waals surface area contributed by atoms with Gasteiger partial charge < -0.3 is 15.2 Å². The van der Waals surface area contributed by atoms with Gasteiger partial charge >= 0.3 is 6.18 Å². The lowest BCUT2D eigenvalue weighted by atomic mass is 10.1. The Balaban J connectivity index is 2.18. The number of halogens is 3. The first-order valence-electron chi connectivity index (χ1n) is 7.63. The van der Waals surface area contributed by atoms with Gasteiger partial charge in [0.2, 0.25) is 0 Å². The minimum absolute atomic E-state index is 0.105. The number of nitrogens with one attached hydrogen (secondary N) is 1. The number of anilines is 1. The molecule has 0 aliphatic heterocycles. The van der Waals surface area contributed by atoms with Crippen LogP contribution in [0.1, 0.15) is 18.4 Å². The molecule has 1 aromatic rings. The summed E-state index contributed by atoms with van der Waals surface area (Å²) in [5.41, 5.74) is -4.40. The number of hydrogen-bond donors (Lipinski definition) is 2. The van der Waals surface area contributed by atoms with E-state index in [2.05, 4.69) is 5.32 Å². The molecule has 12 heteroatoms. The van der Waals surface area contributed by atoms with Gasteiger partial charge in [-0.3, -0.25) is 20.2 Å². The van der Waals surface area contributed by atoms with Gasteiger partial charge in [-0.15, -0.1) is 0 Å². The average Bonchev–Trinajstić information content (AvgIpc) is 3.35. The van der Waals surface area contributed by atoms with E-state index in [9.17, 15) is 38.5 Å². The van der Waals surface area contributed by atoms with Crippen LogP contribution in [0.15, 0.2) is 12.1 Å². The first-order valence-corrected chi connectivity index (χ1v) is 7.63. The third kappa shape index (κ3) is 5.26. The van der Waals surface area contributed by atoms with Crippen molar-refractivity contribution in [2.24, 2.45) is 5.92 Å². The van der Waals surface area contributed by atoms with Gasteiger partial charge in [0.25, 0.3) is 11.4 Å². The zero-order chi connectivity index (χ0) is 19.5. The predicted molar refractivity (Wildman–Crippen MR) is 82.8 cm³/mol. The summed E-state index contributed by atoms with van der Waals surface area (Å²) in [5.74, 6) is 0.451. The molecule has 0 heterocycles. The Morgan fingerprint density at radius 2 is 1.77 bits per heavy atom. The standard InChI is InChI=1S/C14H16F3N3O6/c15-14(16,17)9-3-11(19(22)23)13(12(4-9)20(24)25)18-5-10(21)7-26-6-8-1-2-8/h3-4,8,10,18,21H,1-2,5-7H2. The van der Waals surface area contributed by atoms with Crippen molar-refractivity contribution in [2.45, 2.75) is 25.1 Å². The zero-order valence-corrected chi connectivity index (χ0v) is 13.4. The second-order valence-corrected chi connectivity index (χ2v) is 5.92. The summed E-state index contributed by atoms with van der Waals surface area (Å²) in [6.45, 7) is -0.0128. The first kappa shape index (κ1) is 19.8. The topological polar surface area (TPSA) is 128 Å². The molecule has 0 bridgehead atoms. The van der Waals surface area contributed by atoms with Gasteiger partial charge in [-0.2, -0.15) is 13.2 Å². The number of nitro benzene ring substituents is 2. The van der Waals surface area contributed by atoms with Crippen LogP contribution in [0.25, 0.3) is 0 Å². The lowest BCUT2D eigenvalue weighted by Crippen LogP contribution is -2.26. The molecule has 26 heavy (non-hydrogen) atoms. The van der Waals surface area contributed by atoms with E-state index in [0.717, 1.165) is 12.8 Å². The molecule has 0 saturated heterocycles. The molecule has 1 aliphatic carbocycles.